The largest absolute Gasteiger partial charge is 0.493 e. The van der Waals surface area contributed by atoms with Gasteiger partial charge in [-0.15, -0.1) is 0 Å². The first kappa shape index (κ1) is 38.9. The predicted octanol–water partition coefficient (Wildman–Crippen LogP) is 7.94. The normalized spacial score (nSPS) is 19.1. The highest BCUT2D eigenvalue weighted by molar-refractivity contribution is 5.81. The number of amides is 2. The lowest BCUT2D eigenvalue weighted by molar-refractivity contribution is -0.131. The standard InChI is InChI=1S/C37H64N2O6/c1-13-15-19-36(8,9)33(40)38-25-32-30(39(37(10,11)44-32)34(41)45-35(5,6)7)24-29(26(3)4)22-27-17-18-28(14-2)31(23-27)43-21-16-20-42-12/h17-18,23,26,29-30,32H,13-16,19-22,24-25H2,1-12H3,(H,38,40)/t29-,30?,32?/m1/s1. The summed E-state index contributed by atoms with van der Waals surface area (Å²) in [4.78, 5) is 28.8. The number of hydrogen-bond acceptors (Lipinski definition) is 6. The van der Waals surface area contributed by atoms with Gasteiger partial charge in [-0.3, -0.25) is 9.69 Å². The van der Waals surface area contributed by atoms with Gasteiger partial charge in [-0.05, 0) is 89.3 Å². The van der Waals surface area contributed by atoms with Crippen LogP contribution in [0.2, 0.25) is 0 Å². The van der Waals surface area contributed by atoms with Crippen LogP contribution in [0.25, 0.3) is 0 Å². The van der Waals surface area contributed by atoms with E-state index in [1.807, 2.05) is 48.5 Å². The highest BCUT2D eigenvalue weighted by Crippen LogP contribution is 2.39. The molecule has 45 heavy (non-hydrogen) atoms. The molecule has 1 N–H and O–H groups in total. The summed E-state index contributed by atoms with van der Waals surface area (Å²) in [5.41, 5.74) is 0.382. The summed E-state index contributed by atoms with van der Waals surface area (Å²) in [6.45, 7) is 23.8. The Morgan fingerprint density at radius 1 is 1.07 bits per heavy atom. The van der Waals surface area contributed by atoms with Gasteiger partial charge in [0.05, 0.1) is 18.8 Å². The van der Waals surface area contributed by atoms with Gasteiger partial charge in [0.25, 0.3) is 0 Å². The first-order valence-corrected chi connectivity index (χ1v) is 17.2. The van der Waals surface area contributed by atoms with Crippen LogP contribution in [0.1, 0.15) is 119 Å². The average molecular weight is 633 g/mol. The Hall–Kier alpha value is -2.32. The van der Waals surface area contributed by atoms with Crippen molar-refractivity contribution in [2.45, 2.75) is 145 Å². The molecular formula is C37H64N2O6. The maximum absolute atomic E-state index is 13.7. The van der Waals surface area contributed by atoms with Crippen LogP contribution in [0.15, 0.2) is 18.2 Å². The van der Waals surface area contributed by atoms with Gasteiger partial charge in [-0.2, -0.15) is 0 Å². The third kappa shape index (κ3) is 11.8. The number of rotatable bonds is 17. The number of methoxy groups -OCH3 is 1. The number of aryl methyl sites for hydroxylation is 1. The fourth-order valence-electron chi connectivity index (χ4n) is 6.08. The molecule has 8 nitrogen and oxygen atoms in total. The van der Waals surface area contributed by atoms with Crippen molar-refractivity contribution in [3.05, 3.63) is 29.3 Å². The third-order valence-corrected chi connectivity index (χ3v) is 8.85. The van der Waals surface area contributed by atoms with E-state index in [1.165, 1.54) is 11.1 Å². The van der Waals surface area contributed by atoms with Gasteiger partial charge >= 0.3 is 6.09 Å². The van der Waals surface area contributed by atoms with Crippen LogP contribution >= 0.6 is 0 Å². The molecule has 3 atom stereocenters. The van der Waals surface area contributed by atoms with Crippen LogP contribution < -0.4 is 10.1 Å². The van der Waals surface area contributed by atoms with Gasteiger partial charge in [0.1, 0.15) is 17.1 Å². The van der Waals surface area contributed by atoms with E-state index in [1.54, 1.807) is 12.0 Å². The zero-order valence-corrected chi connectivity index (χ0v) is 30.5. The molecule has 1 heterocycles. The van der Waals surface area contributed by atoms with E-state index in [-0.39, 0.29) is 24.0 Å². The zero-order valence-electron chi connectivity index (χ0n) is 30.5. The van der Waals surface area contributed by atoms with E-state index in [0.29, 0.717) is 32.1 Å². The summed E-state index contributed by atoms with van der Waals surface area (Å²) < 4.78 is 23.9. The van der Waals surface area contributed by atoms with Crippen molar-refractivity contribution < 1.29 is 28.5 Å². The molecule has 0 saturated carbocycles. The lowest BCUT2D eigenvalue weighted by Gasteiger charge is -2.37. The van der Waals surface area contributed by atoms with E-state index in [0.717, 1.165) is 44.3 Å². The number of ether oxygens (including phenoxy) is 4. The minimum absolute atomic E-state index is 0.0151. The van der Waals surface area contributed by atoms with Gasteiger partial charge in [0.15, 0.2) is 0 Å². The van der Waals surface area contributed by atoms with Crippen molar-refractivity contribution in [3.63, 3.8) is 0 Å². The van der Waals surface area contributed by atoms with Gasteiger partial charge in [0.2, 0.25) is 5.91 Å². The lowest BCUT2D eigenvalue weighted by atomic mass is 9.82. The minimum atomic E-state index is -0.895. The Labute approximate surface area is 274 Å². The van der Waals surface area contributed by atoms with Crippen molar-refractivity contribution in [3.8, 4) is 5.75 Å². The van der Waals surface area contributed by atoms with E-state index < -0.39 is 22.8 Å². The van der Waals surface area contributed by atoms with Crippen molar-refractivity contribution in [1.82, 2.24) is 10.2 Å². The lowest BCUT2D eigenvalue weighted by Crippen LogP contribution is -2.52. The Morgan fingerprint density at radius 2 is 1.76 bits per heavy atom. The number of nitrogens with zero attached hydrogens (tertiary/aromatic N) is 1. The molecule has 0 aliphatic carbocycles. The second kappa shape index (κ2) is 17.0. The second-order valence-corrected chi connectivity index (χ2v) is 15.2. The molecule has 0 bridgehead atoms. The summed E-state index contributed by atoms with van der Waals surface area (Å²) in [5.74, 6) is 1.53. The number of carbonyl (C=O) groups excluding carboxylic acids is 2. The summed E-state index contributed by atoms with van der Waals surface area (Å²) in [5, 5.41) is 3.18. The van der Waals surface area contributed by atoms with Crippen molar-refractivity contribution in [2.75, 3.05) is 26.9 Å². The molecule has 1 fully saturated rings. The summed E-state index contributed by atoms with van der Waals surface area (Å²) in [6.07, 6.45) is 5.38. The molecule has 0 aromatic heterocycles. The van der Waals surface area contributed by atoms with Crippen LogP contribution in [0.3, 0.4) is 0 Å². The highest BCUT2D eigenvalue weighted by atomic mass is 16.6. The summed E-state index contributed by atoms with van der Waals surface area (Å²) in [6, 6.07) is 6.28. The van der Waals surface area contributed by atoms with Crippen molar-refractivity contribution in [2.24, 2.45) is 17.3 Å². The Balaban J connectivity index is 2.37. The Morgan fingerprint density at radius 3 is 2.33 bits per heavy atom. The molecular weight excluding hydrogens is 568 g/mol. The van der Waals surface area contributed by atoms with E-state index in [9.17, 15) is 9.59 Å². The quantitative estimate of drug-likeness (QED) is 0.176. The first-order valence-electron chi connectivity index (χ1n) is 17.2. The first-order chi connectivity index (χ1) is 21.0. The Bertz CT molecular complexity index is 1080. The van der Waals surface area contributed by atoms with Crippen LogP contribution in [0.4, 0.5) is 4.79 Å². The topological polar surface area (TPSA) is 86.3 Å². The summed E-state index contributed by atoms with van der Waals surface area (Å²) in [7, 11) is 1.71. The van der Waals surface area contributed by atoms with Crippen LogP contribution in [-0.4, -0.2) is 67.2 Å². The minimum Gasteiger partial charge on any atom is -0.493 e. The summed E-state index contributed by atoms with van der Waals surface area (Å²) >= 11 is 0. The monoisotopic (exact) mass is 632 g/mol. The molecule has 1 aromatic rings. The Kier molecular flexibility index (Phi) is 14.7. The second-order valence-electron chi connectivity index (χ2n) is 15.2. The fourth-order valence-corrected chi connectivity index (χ4v) is 6.08. The van der Waals surface area contributed by atoms with Gasteiger partial charge in [-0.25, -0.2) is 4.79 Å². The molecule has 8 heteroatoms. The molecule has 2 amide bonds. The molecule has 1 saturated heterocycles. The molecule has 1 aliphatic heterocycles. The number of hydrogen-bond donors (Lipinski definition) is 1. The van der Waals surface area contributed by atoms with E-state index in [4.69, 9.17) is 18.9 Å². The number of benzene rings is 1. The number of unbranched alkanes of at least 4 members (excludes halogenated alkanes) is 1. The van der Waals surface area contributed by atoms with Crippen LogP contribution in [0.5, 0.6) is 5.75 Å². The molecule has 2 rings (SSSR count). The number of carbonyl (C=O) groups is 2. The maximum Gasteiger partial charge on any atom is 0.412 e. The predicted molar refractivity (Wildman–Crippen MR) is 182 cm³/mol. The molecule has 2 unspecified atom stereocenters. The molecule has 0 spiro atoms. The average Bonchev–Trinajstić information content (AvgIpc) is 3.20. The highest BCUT2D eigenvalue weighted by Gasteiger charge is 2.52. The van der Waals surface area contributed by atoms with Crippen molar-refractivity contribution >= 4 is 12.0 Å². The van der Waals surface area contributed by atoms with Gasteiger partial charge < -0.3 is 24.3 Å². The van der Waals surface area contributed by atoms with E-state index in [2.05, 4.69) is 51.2 Å². The van der Waals surface area contributed by atoms with E-state index >= 15 is 0 Å². The van der Waals surface area contributed by atoms with Crippen LogP contribution in [0, 0.1) is 17.3 Å². The van der Waals surface area contributed by atoms with Gasteiger partial charge in [-0.1, -0.05) is 66.5 Å². The number of nitrogens with one attached hydrogen (secondary N) is 1. The maximum atomic E-state index is 13.7. The molecule has 258 valence electrons. The molecule has 0 radical (unpaired) electrons. The molecule has 1 aromatic carbocycles. The smallest absolute Gasteiger partial charge is 0.412 e. The van der Waals surface area contributed by atoms with Gasteiger partial charge in [0, 0.05) is 32.1 Å². The SMILES string of the molecule is CCCCC(C)(C)C(=O)NCC1OC(C)(C)N(C(=O)OC(C)(C)C)C1C[C@@H](Cc1ccc(CC)c(OCCCOC)c1)C(C)C. The van der Waals surface area contributed by atoms with Crippen LogP contribution in [-0.2, 0) is 31.8 Å². The zero-order chi connectivity index (χ0) is 34.0. The molecule has 1 aliphatic rings. The van der Waals surface area contributed by atoms with Crippen molar-refractivity contribution in [1.29, 1.82) is 0 Å². The third-order valence-electron chi connectivity index (χ3n) is 8.85. The fraction of sp³-hybridized carbons (Fsp3) is 0.784.